The Balaban J connectivity index is 1.05. The lowest BCUT2D eigenvalue weighted by atomic mass is 10.0. The fraction of sp³-hybridized carbons (Fsp3) is 0.370. The molecule has 5 heterocycles. The summed E-state index contributed by atoms with van der Waals surface area (Å²) in [6.07, 6.45) is 3.84. The predicted octanol–water partition coefficient (Wildman–Crippen LogP) is 3.63. The first-order valence-electron chi connectivity index (χ1n) is 13.3. The molecule has 0 aliphatic carbocycles. The quantitative estimate of drug-likeness (QED) is 0.297. The molecule has 3 aromatic heterocycles. The van der Waals surface area contributed by atoms with Crippen LogP contribution in [0.1, 0.15) is 25.0 Å². The molecule has 2 saturated heterocycles. The molecule has 11 nitrogen and oxygen atoms in total. The van der Waals surface area contributed by atoms with Gasteiger partial charge in [-0.05, 0) is 67.9 Å². The van der Waals surface area contributed by atoms with Gasteiger partial charge >= 0.3 is 0 Å². The van der Waals surface area contributed by atoms with Crippen molar-refractivity contribution >= 4 is 46.7 Å². The van der Waals surface area contributed by atoms with Gasteiger partial charge in [0.25, 0.3) is 5.91 Å². The van der Waals surface area contributed by atoms with Crippen molar-refractivity contribution in [3.05, 3.63) is 54.4 Å². The van der Waals surface area contributed by atoms with E-state index in [1.165, 1.54) is 11.8 Å². The van der Waals surface area contributed by atoms with Crippen LogP contribution in [0.5, 0.6) is 0 Å². The van der Waals surface area contributed by atoms with Crippen LogP contribution >= 0.6 is 11.8 Å². The van der Waals surface area contributed by atoms with Gasteiger partial charge in [0.1, 0.15) is 5.65 Å². The molecule has 1 aromatic carbocycles. The molecule has 2 aliphatic heterocycles. The second-order valence-electron chi connectivity index (χ2n) is 10.2. The van der Waals surface area contributed by atoms with E-state index in [1.807, 2.05) is 60.0 Å². The van der Waals surface area contributed by atoms with Crippen molar-refractivity contribution in [1.29, 1.82) is 0 Å². The standard InChI is InChI=1S/C27H30FN9O2S/c1-18-15-21(34-33-18)30-25-32-26(31-22-5-4-13-37(22)25)40-20-8-6-19(7-9-20)29-23(38)16-35-14-10-27(28,17-35)24(39)36-11-2-3-12-36/h4-9,13,15H,2-3,10-12,14,16-17H2,1H3,(H,29,38)(H2,30,31,32,33,34). The summed E-state index contributed by atoms with van der Waals surface area (Å²) < 4.78 is 17.2. The highest BCUT2D eigenvalue weighted by Crippen LogP contribution is 2.30. The maximum absolute atomic E-state index is 15.3. The molecule has 0 spiro atoms. The van der Waals surface area contributed by atoms with Crippen molar-refractivity contribution in [3.63, 3.8) is 0 Å². The number of aromatic amines is 1. The highest BCUT2D eigenvalue weighted by molar-refractivity contribution is 7.99. The third kappa shape index (κ3) is 5.65. The zero-order chi connectivity index (χ0) is 27.7. The number of fused-ring (bicyclic) bond motifs is 1. The Morgan fingerprint density at radius 2 is 1.93 bits per heavy atom. The summed E-state index contributed by atoms with van der Waals surface area (Å²) in [7, 11) is 0. The predicted molar refractivity (Wildman–Crippen MR) is 149 cm³/mol. The number of aromatic nitrogens is 5. The van der Waals surface area contributed by atoms with Crippen LogP contribution in [-0.4, -0.2) is 84.6 Å². The van der Waals surface area contributed by atoms with Crippen LogP contribution in [0.3, 0.4) is 0 Å². The molecule has 2 aliphatic rings. The molecule has 0 bridgehead atoms. The van der Waals surface area contributed by atoms with Crippen molar-refractivity contribution in [1.82, 2.24) is 34.4 Å². The Morgan fingerprint density at radius 1 is 1.12 bits per heavy atom. The van der Waals surface area contributed by atoms with Gasteiger partial charge in [0.2, 0.25) is 17.5 Å². The van der Waals surface area contributed by atoms with Gasteiger partial charge in [-0.1, -0.05) is 0 Å². The molecule has 13 heteroatoms. The van der Waals surface area contributed by atoms with Crippen LogP contribution in [0.25, 0.3) is 5.65 Å². The van der Waals surface area contributed by atoms with E-state index >= 15 is 4.39 Å². The van der Waals surface area contributed by atoms with Crippen molar-refractivity contribution in [2.24, 2.45) is 0 Å². The number of carbonyl (C=O) groups is 2. The van der Waals surface area contributed by atoms with Gasteiger partial charge in [-0.3, -0.25) is 24.0 Å². The van der Waals surface area contributed by atoms with E-state index < -0.39 is 11.6 Å². The van der Waals surface area contributed by atoms with E-state index in [0.29, 0.717) is 42.2 Å². The monoisotopic (exact) mass is 563 g/mol. The minimum Gasteiger partial charge on any atom is -0.340 e. The van der Waals surface area contributed by atoms with Crippen LogP contribution in [0, 0.1) is 6.92 Å². The lowest BCUT2D eigenvalue weighted by Gasteiger charge is -2.25. The van der Waals surface area contributed by atoms with Gasteiger partial charge in [-0.2, -0.15) is 10.1 Å². The van der Waals surface area contributed by atoms with Gasteiger partial charge < -0.3 is 15.5 Å². The minimum atomic E-state index is -1.90. The first-order chi connectivity index (χ1) is 19.3. The molecule has 0 saturated carbocycles. The number of hydrogen-bond acceptors (Lipinski definition) is 8. The number of benzene rings is 1. The van der Waals surface area contributed by atoms with Crippen molar-refractivity contribution in [2.45, 2.75) is 41.9 Å². The Labute approximate surface area is 234 Å². The number of H-pyrrole nitrogens is 1. The first-order valence-corrected chi connectivity index (χ1v) is 14.1. The Kier molecular flexibility index (Phi) is 7.15. The Hall–Kier alpha value is -3.97. The van der Waals surface area contributed by atoms with Gasteiger partial charge in [0.15, 0.2) is 11.0 Å². The zero-order valence-corrected chi connectivity index (χ0v) is 22.9. The molecule has 208 valence electrons. The summed E-state index contributed by atoms with van der Waals surface area (Å²) >= 11 is 1.40. The maximum Gasteiger partial charge on any atom is 0.261 e. The number of halogens is 1. The minimum absolute atomic E-state index is 0.0337. The van der Waals surface area contributed by atoms with Crippen LogP contribution in [0.15, 0.2) is 58.7 Å². The number of amides is 2. The van der Waals surface area contributed by atoms with E-state index in [0.717, 1.165) is 29.1 Å². The molecule has 3 N–H and O–H groups in total. The molecule has 6 rings (SSSR count). The average Bonchev–Trinajstić information content (AvgIpc) is 3.74. The molecule has 0 radical (unpaired) electrons. The molecular formula is C27H30FN9O2S. The summed E-state index contributed by atoms with van der Waals surface area (Å²) in [5.41, 5.74) is 0.414. The lowest BCUT2D eigenvalue weighted by Crippen LogP contribution is -2.47. The smallest absolute Gasteiger partial charge is 0.261 e. The third-order valence-electron chi connectivity index (χ3n) is 7.10. The van der Waals surface area contributed by atoms with E-state index in [1.54, 1.807) is 9.80 Å². The molecule has 1 atom stereocenters. The van der Waals surface area contributed by atoms with Gasteiger partial charge in [-0.15, -0.1) is 0 Å². The van der Waals surface area contributed by atoms with Gasteiger partial charge in [0.05, 0.1) is 6.54 Å². The van der Waals surface area contributed by atoms with Crippen molar-refractivity contribution in [2.75, 3.05) is 43.4 Å². The summed E-state index contributed by atoms with van der Waals surface area (Å²) in [5, 5.41) is 13.8. The van der Waals surface area contributed by atoms with Crippen LogP contribution in [-0.2, 0) is 9.59 Å². The van der Waals surface area contributed by atoms with Crippen molar-refractivity contribution < 1.29 is 14.0 Å². The Morgan fingerprint density at radius 3 is 2.67 bits per heavy atom. The van der Waals surface area contributed by atoms with Crippen LogP contribution < -0.4 is 10.6 Å². The highest BCUT2D eigenvalue weighted by Gasteiger charge is 2.47. The number of hydrogen-bond donors (Lipinski definition) is 3. The number of carbonyl (C=O) groups excluding carboxylic acids is 2. The van der Waals surface area contributed by atoms with E-state index in [9.17, 15) is 9.59 Å². The number of aryl methyl sites for hydroxylation is 1. The summed E-state index contributed by atoms with van der Waals surface area (Å²) in [4.78, 5) is 38.8. The highest BCUT2D eigenvalue weighted by atomic mass is 32.2. The second kappa shape index (κ2) is 10.9. The lowest BCUT2D eigenvalue weighted by molar-refractivity contribution is -0.142. The first kappa shape index (κ1) is 26.3. The van der Waals surface area contributed by atoms with E-state index in [2.05, 4.69) is 30.8 Å². The summed E-state index contributed by atoms with van der Waals surface area (Å²) in [5.74, 6) is 0.575. The number of likely N-dealkylation sites (tertiary alicyclic amines) is 2. The number of nitrogens with one attached hydrogen (secondary N) is 3. The fourth-order valence-electron chi connectivity index (χ4n) is 5.12. The van der Waals surface area contributed by atoms with Crippen LogP contribution in [0.4, 0.5) is 21.8 Å². The maximum atomic E-state index is 15.3. The normalized spacial score (nSPS) is 19.4. The van der Waals surface area contributed by atoms with Gasteiger partial charge in [-0.25, -0.2) is 9.37 Å². The topological polar surface area (TPSA) is 124 Å². The van der Waals surface area contributed by atoms with Crippen LogP contribution in [0.2, 0.25) is 0 Å². The SMILES string of the molecule is Cc1cc(Nc2nc(Sc3ccc(NC(=O)CN4CCC(F)(C(=O)N5CCCC5)C4)cc3)nc3cccn23)n[nH]1. The molecular weight excluding hydrogens is 533 g/mol. The largest absolute Gasteiger partial charge is 0.340 e. The number of anilines is 3. The fourth-order valence-corrected chi connectivity index (χ4v) is 5.87. The average molecular weight is 564 g/mol. The molecule has 1 unspecified atom stereocenters. The second-order valence-corrected chi connectivity index (χ2v) is 11.3. The van der Waals surface area contributed by atoms with Gasteiger partial charge in [0, 0.05) is 61.1 Å². The molecule has 4 aromatic rings. The molecule has 2 amide bonds. The number of rotatable bonds is 8. The number of alkyl halides is 1. The molecule has 2 fully saturated rings. The summed E-state index contributed by atoms with van der Waals surface area (Å²) in [6.45, 7) is 3.53. The number of nitrogens with zero attached hydrogens (tertiary/aromatic N) is 6. The van der Waals surface area contributed by atoms with E-state index in [-0.39, 0.29) is 25.4 Å². The Bertz CT molecular complexity index is 1530. The molecule has 40 heavy (non-hydrogen) atoms. The van der Waals surface area contributed by atoms with Crippen molar-refractivity contribution in [3.8, 4) is 0 Å². The summed E-state index contributed by atoms with van der Waals surface area (Å²) in [6, 6.07) is 13.1. The van der Waals surface area contributed by atoms with E-state index in [4.69, 9.17) is 0 Å². The third-order valence-corrected chi connectivity index (χ3v) is 7.98. The zero-order valence-electron chi connectivity index (χ0n) is 22.1.